The zero-order valence-electron chi connectivity index (χ0n) is 17.0. The molecule has 1 aliphatic heterocycles. The van der Waals surface area contributed by atoms with Gasteiger partial charge < -0.3 is 15.1 Å². The van der Waals surface area contributed by atoms with Crippen molar-refractivity contribution >= 4 is 40.8 Å². The molecule has 0 saturated carbocycles. The Balaban J connectivity index is 1.53. The number of amides is 2. The van der Waals surface area contributed by atoms with Crippen LogP contribution >= 0.6 is 23.2 Å². The third-order valence-electron chi connectivity index (χ3n) is 5.13. The second-order valence-corrected chi connectivity index (χ2v) is 8.12. The van der Waals surface area contributed by atoms with Crippen LogP contribution in [0.5, 0.6) is 0 Å². The molecule has 3 rings (SSSR count). The van der Waals surface area contributed by atoms with Crippen molar-refractivity contribution in [1.29, 1.82) is 0 Å². The van der Waals surface area contributed by atoms with E-state index in [1.165, 1.54) is 0 Å². The Morgan fingerprint density at radius 3 is 2.47 bits per heavy atom. The molecule has 1 aromatic carbocycles. The molecule has 1 saturated heterocycles. The van der Waals surface area contributed by atoms with Crippen LogP contribution in [0.1, 0.15) is 46.9 Å². The van der Waals surface area contributed by atoms with Crippen molar-refractivity contribution < 1.29 is 9.59 Å². The molecule has 0 spiro atoms. The number of hydrogen-bond acceptors (Lipinski definition) is 4. The van der Waals surface area contributed by atoms with Crippen LogP contribution in [0.3, 0.4) is 0 Å². The van der Waals surface area contributed by atoms with Gasteiger partial charge in [0.05, 0.1) is 16.1 Å². The van der Waals surface area contributed by atoms with Gasteiger partial charge in [-0.05, 0) is 36.8 Å². The summed E-state index contributed by atoms with van der Waals surface area (Å²) >= 11 is 12.1. The van der Waals surface area contributed by atoms with Gasteiger partial charge in [0.2, 0.25) is 0 Å². The number of benzene rings is 1. The summed E-state index contributed by atoms with van der Waals surface area (Å²) in [5, 5.41) is 3.79. The molecule has 0 atom stereocenters. The van der Waals surface area contributed by atoms with Crippen molar-refractivity contribution in [3.05, 3.63) is 57.7 Å². The quantitative estimate of drug-likeness (QED) is 0.642. The molecule has 1 fully saturated rings. The summed E-state index contributed by atoms with van der Waals surface area (Å²) in [6, 6.07) is 8.56. The highest BCUT2D eigenvalue weighted by molar-refractivity contribution is 6.36. The molecule has 8 heteroatoms. The van der Waals surface area contributed by atoms with Gasteiger partial charge in [0, 0.05) is 43.9 Å². The zero-order chi connectivity index (χ0) is 21.5. The molecule has 0 unspecified atom stereocenters. The fraction of sp³-hybridized carbons (Fsp3) is 0.409. The van der Waals surface area contributed by atoms with E-state index in [0.29, 0.717) is 53.9 Å². The van der Waals surface area contributed by atoms with Crippen LogP contribution in [0, 0.1) is 0 Å². The van der Waals surface area contributed by atoms with Gasteiger partial charge in [-0.3, -0.25) is 9.59 Å². The molecule has 2 amide bonds. The largest absolute Gasteiger partial charge is 0.353 e. The Bertz CT molecular complexity index is 881. The molecule has 0 aliphatic carbocycles. The zero-order valence-corrected chi connectivity index (χ0v) is 18.5. The van der Waals surface area contributed by atoms with Crippen LogP contribution in [-0.2, 0) is 0 Å². The monoisotopic (exact) mass is 448 g/mol. The van der Waals surface area contributed by atoms with Gasteiger partial charge in [-0.15, -0.1) is 0 Å². The molecule has 6 nitrogen and oxygen atoms in total. The topological polar surface area (TPSA) is 65.5 Å². The highest BCUT2D eigenvalue weighted by Crippen LogP contribution is 2.23. The fourth-order valence-electron chi connectivity index (χ4n) is 3.36. The minimum absolute atomic E-state index is 0.0968. The number of pyridine rings is 1. The van der Waals surface area contributed by atoms with E-state index in [9.17, 15) is 9.59 Å². The molecule has 2 aromatic rings. The molecule has 1 N–H and O–H groups in total. The summed E-state index contributed by atoms with van der Waals surface area (Å²) < 4.78 is 0. The van der Waals surface area contributed by atoms with Crippen molar-refractivity contribution in [3.63, 3.8) is 0 Å². The first-order valence-corrected chi connectivity index (χ1v) is 11.0. The van der Waals surface area contributed by atoms with Crippen LogP contribution in [0.25, 0.3) is 0 Å². The van der Waals surface area contributed by atoms with E-state index in [2.05, 4.69) is 22.1 Å². The van der Waals surface area contributed by atoms with E-state index in [1.54, 1.807) is 35.4 Å². The molecular formula is C22H26Cl2N4O2. The molecular weight excluding hydrogens is 423 g/mol. The third-order valence-corrected chi connectivity index (χ3v) is 5.68. The van der Waals surface area contributed by atoms with E-state index < -0.39 is 0 Å². The van der Waals surface area contributed by atoms with E-state index in [0.717, 1.165) is 25.1 Å². The highest BCUT2D eigenvalue weighted by atomic mass is 35.5. The number of halogens is 2. The number of piperazine rings is 1. The summed E-state index contributed by atoms with van der Waals surface area (Å²) in [5.41, 5.74) is 1.02. The van der Waals surface area contributed by atoms with Crippen molar-refractivity contribution in [2.45, 2.75) is 26.2 Å². The van der Waals surface area contributed by atoms with E-state index in [1.807, 2.05) is 6.07 Å². The number of hydrogen-bond donors (Lipinski definition) is 1. The lowest BCUT2D eigenvalue weighted by molar-refractivity contribution is 0.0746. The first-order chi connectivity index (χ1) is 14.5. The van der Waals surface area contributed by atoms with Crippen LogP contribution in [0.2, 0.25) is 10.0 Å². The maximum Gasteiger partial charge on any atom is 0.255 e. The number of anilines is 1. The third kappa shape index (κ3) is 5.64. The van der Waals surface area contributed by atoms with Crippen molar-refractivity contribution in [2.75, 3.05) is 37.6 Å². The molecule has 160 valence electrons. The number of aromatic nitrogens is 1. The smallest absolute Gasteiger partial charge is 0.255 e. The summed E-state index contributed by atoms with van der Waals surface area (Å²) in [4.78, 5) is 33.2. The molecule has 2 heterocycles. The Hall–Kier alpha value is -2.31. The predicted molar refractivity (Wildman–Crippen MR) is 121 cm³/mol. The molecule has 1 aromatic heterocycles. The van der Waals surface area contributed by atoms with Gasteiger partial charge in [0.25, 0.3) is 11.8 Å². The normalized spacial score (nSPS) is 14.0. The lowest BCUT2D eigenvalue weighted by Crippen LogP contribution is -2.49. The van der Waals surface area contributed by atoms with E-state index in [-0.39, 0.29) is 11.8 Å². The van der Waals surface area contributed by atoms with Crippen LogP contribution in [0.4, 0.5) is 5.82 Å². The fourth-order valence-corrected chi connectivity index (χ4v) is 3.85. The minimum atomic E-state index is -0.0978. The number of rotatable bonds is 7. The average molecular weight is 449 g/mol. The van der Waals surface area contributed by atoms with E-state index in [4.69, 9.17) is 23.2 Å². The molecule has 1 aliphatic rings. The minimum Gasteiger partial charge on any atom is -0.353 e. The van der Waals surface area contributed by atoms with Gasteiger partial charge in [0.1, 0.15) is 5.82 Å². The summed E-state index contributed by atoms with van der Waals surface area (Å²) in [6.45, 7) is 5.27. The second kappa shape index (κ2) is 10.6. The predicted octanol–water partition coefficient (Wildman–Crippen LogP) is 4.27. The summed E-state index contributed by atoms with van der Waals surface area (Å²) in [5.74, 6) is 0.605. The number of nitrogens with one attached hydrogen (secondary N) is 1. The maximum atomic E-state index is 12.7. The van der Waals surface area contributed by atoms with Gasteiger partial charge in [-0.1, -0.05) is 43.0 Å². The maximum absolute atomic E-state index is 12.7. The highest BCUT2D eigenvalue weighted by Gasteiger charge is 2.24. The molecule has 0 bridgehead atoms. The summed E-state index contributed by atoms with van der Waals surface area (Å²) in [6.07, 6.45) is 4.82. The second-order valence-electron chi connectivity index (χ2n) is 7.27. The first-order valence-electron chi connectivity index (χ1n) is 10.2. The number of unbranched alkanes of at least 4 members (excludes halogenated alkanes) is 2. The SMILES string of the molecule is CCCCCNC(=O)c1ccc(N2CCN(C(=O)c3ccc(Cl)cc3Cl)CC2)nc1. The van der Waals surface area contributed by atoms with Gasteiger partial charge in [-0.25, -0.2) is 4.98 Å². The van der Waals surface area contributed by atoms with E-state index >= 15 is 0 Å². The Morgan fingerprint density at radius 2 is 1.83 bits per heavy atom. The lowest BCUT2D eigenvalue weighted by atomic mass is 10.1. The average Bonchev–Trinajstić information content (AvgIpc) is 2.76. The van der Waals surface area contributed by atoms with Gasteiger partial charge in [-0.2, -0.15) is 0 Å². The van der Waals surface area contributed by atoms with Crippen molar-refractivity contribution in [2.24, 2.45) is 0 Å². The first kappa shape index (κ1) is 22.4. The van der Waals surface area contributed by atoms with Crippen molar-refractivity contribution in [3.8, 4) is 0 Å². The molecule has 0 radical (unpaired) electrons. The molecule has 30 heavy (non-hydrogen) atoms. The van der Waals surface area contributed by atoms with Gasteiger partial charge >= 0.3 is 0 Å². The lowest BCUT2D eigenvalue weighted by Gasteiger charge is -2.35. The van der Waals surface area contributed by atoms with Gasteiger partial charge in [0.15, 0.2) is 0 Å². The van der Waals surface area contributed by atoms with Crippen LogP contribution < -0.4 is 10.2 Å². The van der Waals surface area contributed by atoms with Crippen LogP contribution in [0.15, 0.2) is 36.5 Å². The van der Waals surface area contributed by atoms with Crippen LogP contribution in [-0.4, -0.2) is 54.4 Å². The Labute approximate surface area is 187 Å². The van der Waals surface area contributed by atoms with Crippen molar-refractivity contribution in [1.82, 2.24) is 15.2 Å². The summed E-state index contributed by atoms with van der Waals surface area (Å²) in [7, 11) is 0. The number of carbonyl (C=O) groups is 2. The number of nitrogens with zero attached hydrogens (tertiary/aromatic N) is 3. The standard InChI is InChI=1S/C22H26Cl2N4O2/c1-2-3-4-9-25-21(29)16-5-8-20(26-15-16)27-10-12-28(13-11-27)22(30)18-7-6-17(23)14-19(18)24/h5-8,14-15H,2-4,9-13H2,1H3,(H,25,29). The number of carbonyl (C=O) groups excluding carboxylic acids is 2. The Morgan fingerprint density at radius 1 is 1.07 bits per heavy atom. The Kier molecular flexibility index (Phi) is 7.94.